The Morgan fingerprint density at radius 1 is 1.23 bits per heavy atom. The number of hydrogen-bond acceptors (Lipinski definition) is 7. The Morgan fingerprint density at radius 3 is 2.81 bits per heavy atom. The highest BCUT2D eigenvalue weighted by Gasteiger charge is 2.28. The van der Waals surface area contributed by atoms with Crippen LogP contribution in [0.15, 0.2) is 40.8 Å². The summed E-state index contributed by atoms with van der Waals surface area (Å²) in [4.78, 5) is 14.5. The molecule has 4 N–H and O–H groups in total. The number of amidine groups is 1. The van der Waals surface area contributed by atoms with E-state index in [1.807, 2.05) is 0 Å². The number of hydrogen-bond donors (Lipinski definition) is 3. The van der Waals surface area contributed by atoms with Gasteiger partial charge in [-0.3, -0.25) is 4.79 Å². The van der Waals surface area contributed by atoms with Crippen molar-refractivity contribution in [3.8, 4) is 17.2 Å². The Balaban J connectivity index is 1.44. The van der Waals surface area contributed by atoms with Crippen molar-refractivity contribution in [1.82, 2.24) is 4.90 Å². The number of ether oxygens (including phenoxy) is 1. The molecule has 2 aliphatic rings. The van der Waals surface area contributed by atoms with Crippen LogP contribution >= 0.6 is 0 Å². The molecule has 0 radical (unpaired) electrons. The van der Waals surface area contributed by atoms with Crippen molar-refractivity contribution in [3.63, 3.8) is 0 Å². The van der Waals surface area contributed by atoms with E-state index in [9.17, 15) is 23.4 Å². The Kier molecular flexibility index (Phi) is 5.48. The van der Waals surface area contributed by atoms with E-state index in [1.54, 1.807) is 23.1 Å². The van der Waals surface area contributed by atoms with Crippen LogP contribution in [0.3, 0.4) is 0 Å². The number of fused-ring (bicyclic) bond motifs is 1. The third-order valence-electron chi connectivity index (χ3n) is 5.45. The molecule has 4 rings (SSSR count). The average molecular weight is 445 g/mol. The lowest BCUT2D eigenvalue weighted by molar-refractivity contribution is 0.0633. The SMILES string of the molecule is NC1=NS(=O)(=O)Cc2cccc(OC[C@H]3CCCN(C(=O)c4ccc(O)c(O)c4)C3)c21. The van der Waals surface area contributed by atoms with E-state index in [4.69, 9.17) is 10.5 Å². The fourth-order valence-electron chi connectivity index (χ4n) is 3.96. The van der Waals surface area contributed by atoms with Gasteiger partial charge in [0.2, 0.25) is 0 Å². The molecule has 0 aromatic heterocycles. The first-order chi connectivity index (χ1) is 14.7. The number of sulfonamides is 1. The maximum absolute atomic E-state index is 12.8. The van der Waals surface area contributed by atoms with Crippen molar-refractivity contribution in [2.45, 2.75) is 18.6 Å². The van der Waals surface area contributed by atoms with E-state index >= 15 is 0 Å². The van der Waals surface area contributed by atoms with Gasteiger partial charge < -0.3 is 25.6 Å². The van der Waals surface area contributed by atoms with Crippen molar-refractivity contribution in [2.24, 2.45) is 16.0 Å². The number of benzene rings is 2. The molecular weight excluding hydrogens is 422 g/mol. The number of amides is 1. The number of carbonyl (C=O) groups excluding carboxylic acids is 1. The first-order valence-electron chi connectivity index (χ1n) is 9.88. The van der Waals surface area contributed by atoms with E-state index in [1.165, 1.54) is 18.2 Å². The van der Waals surface area contributed by atoms with Crippen molar-refractivity contribution in [3.05, 3.63) is 53.1 Å². The van der Waals surface area contributed by atoms with Crippen molar-refractivity contribution in [1.29, 1.82) is 0 Å². The Labute approximate surface area is 179 Å². The van der Waals surface area contributed by atoms with Gasteiger partial charge >= 0.3 is 0 Å². The van der Waals surface area contributed by atoms with Crippen LogP contribution in [-0.4, -0.2) is 55.0 Å². The lowest BCUT2D eigenvalue weighted by Gasteiger charge is -2.33. The number of carbonyl (C=O) groups is 1. The smallest absolute Gasteiger partial charge is 0.259 e. The summed E-state index contributed by atoms with van der Waals surface area (Å²) in [5, 5.41) is 19.1. The van der Waals surface area contributed by atoms with Crippen molar-refractivity contribution in [2.75, 3.05) is 19.7 Å². The molecule has 31 heavy (non-hydrogen) atoms. The van der Waals surface area contributed by atoms with Gasteiger partial charge in [0.05, 0.1) is 17.9 Å². The molecule has 1 fully saturated rings. The number of phenolic OH excluding ortho intramolecular Hbond substituents is 2. The lowest BCUT2D eigenvalue weighted by Crippen LogP contribution is -2.41. The summed E-state index contributed by atoms with van der Waals surface area (Å²) >= 11 is 0. The van der Waals surface area contributed by atoms with Gasteiger partial charge in [-0.2, -0.15) is 0 Å². The quantitative estimate of drug-likeness (QED) is 0.606. The predicted molar refractivity (Wildman–Crippen MR) is 114 cm³/mol. The molecule has 0 saturated carbocycles. The molecule has 2 aliphatic heterocycles. The molecule has 1 amide bonds. The number of likely N-dealkylation sites (tertiary alicyclic amines) is 1. The maximum Gasteiger partial charge on any atom is 0.259 e. The van der Waals surface area contributed by atoms with Gasteiger partial charge in [0, 0.05) is 24.6 Å². The lowest BCUT2D eigenvalue weighted by atomic mass is 9.98. The Hall–Kier alpha value is -3.27. The van der Waals surface area contributed by atoms with Crippen molar-refractivity contribution < 1.29 is 28.2 Å². The van der Waals surface area contributed by atoms with Crippen LogP contribution in [0.25, 0.3) is 0 Å². The average Bonchev–Trinajstić information content (AvgIpc) is 2.72. The largest absolute Gasteiger partial charge is 0.504 e. The van der Waals surface area contributed by atoms with Gasteiger partial charge in [0.25, 0.3) is 15.9 Å². The summed E-state index contributed by atoms with van der Waals surface area (Å²) in [7, 11) is -3.62. The summed E-state index contributed by atoms with van der Waals surface area (Å²) in [5.74, 6) is -0.583. The molecule has 1 saturated heterocycles. The van der Waals surface area contributed by atoms with E-state index in [2.05, 4.69) is 4.40 Å². The van der Waals surface area contributed by atoms with E-state index < -0.39 is 10.0 Å². The van der Waals surface area contributed by atoms with Gasteiger partial charge in [-0.1, -0.05) is 12.1 Å². The Morgan fingerprint density at radius 2 is 2.03 bits per heavy atom. The number of aromatic hydroxyl groups is 2. The Bertz CT molecular complexity index is 1160. The number of piperidine rings is 1. The molecule has 0 bridgehead atoms. The minimum absolute atomic E-state index is 0.0738. The fourth-order valence-corrected chi connectivity index (χ4v) is 5.05. The standard InChI is InChI=1S/C21H23N3O6S/c22-20-19-15(12-31(28,29)23-20)4-1-5-18(19)30-11-13-3-2-8-24(10-13)21(27)14-6-7-16(25)17(26)9-14/h1,4-7,9,13,25-26H,2-3,8,10-12H2,(H2,22,23)/t13-/m0/s1. The molecule has 2 aromatic carbocycles. The van der Waals surface area contributed by atoms with Crippen LogP contribution in [-0.2, 0) is 15.8 Å². The molecule has 2 heterocycles. The van der Waals surface area contributed by atoms with E-state index in [0.717, 1.165) is 12.8 Å². The highest BCUT2D eigenvalue weighted by Crippen LogP contribution is 2.30. The summed E-state index contributed by atoms with van der Waals surface area (Å²) in [6.45, 7) is 1.41. The molecule has 0 aliphatic carbocycles. The van der Waals surface area contributed by atoms with Crippen LogP contribution in [0, 0.1) is 5.92 Å². The van der Waals surface area contributed by atoms with Gasteiger partial charge in [0.1, 0.15) is 11.6 Å². The molecule has 1 atom stereocenters. The second-order valence-corrected chi connectivity index (χ2v) is 9.40. The number of rotatable bonds is 4. The zero-order chi connectivity index (χ0) is 22.2. The van der Waals surface area contributed by atoms with Crippen LogP contribution in [0.1, 0.15) is 34.3 Å². The van der Waals surface area contributed by atoms with Crippen LogP contribution in [0.4, 0.5) is 0 Å². The van der Waals surface area contributed by atoms with E-state index in [0.29, 0.717) is 42.1 Å². The topological polar surface area (TPSA) is 143 Å². The third-order valence-corrected chi connectivity index (χ3v) is 6.60. The van der Waals surface area contributed by atoms with Crippen LogP contribution < -0.4 is 10.5 Å². The summed E-state index contributed by atoms with van der Waals surface area (Å²) in [5.41, 5.74) is 7.24. The molecule has 164 valence electrons. The molecule has 10 heteroatoms. The molecular formula is C21H23N3O6S. The summed E-state index contributed by atoms with van der Waals surface area (Å²) < 4.78 is 33.2. The monoisotopic (exact) mass is 445 g/mol. The molecule has 9 nitrogen and oxygen atoms in total. The highest BCUT2D eigenvalue weighted by atomic mass is 32.2. The van der Waals surface area contributed by atoms with Gasteiger partial charge in [-0.15, -0.1) is 4.40 Å². The molecule has 2 aromatic rings. The zero-order valence-corrected chi connectivity index (χ0v) is 17.5. The predicted octanol–water partition coefficient (Wildman–Crippen LogP) is 1.58. The molecule has 0 spiro atoms. The highest BCUT2D eigenvalue weighted by molar-refractivity contribution is 7.89. The van der Waals surface area contributed by atoms with Crippen LogP contribution in [0.2, 0.25) is 0 Å². The number of nitrogens with zero attached hydrogens (tertiary/aromatic N) is 2. The summed E-state index contributed by atoms with van der Waals surface area (Å²) in [6, 6.07) is 9.15. The summed E-state index contributed by atoms with van der Waals surface area (Å²) in [6.07, 6.45) is 1.68. The fraction of sp³-hybridized carbons (Fsp3) is 0.333. The molecule has 0 unspecified atom stereocenters. The minimum Gasteiger partial charge on any atom is -0.504 e. The second-order valence-electron chi connectivity index (χ2n) is 7.77. The van der Waals surface area contributed by atoms with Gasteiger partial charge in [-0.05, 0) is 42.7 Å². The minimum atomic E-state index is -3.62. The van der Waals surface area contributed by atoms with Gasteiger partial charge in [-0.25, -0.2) is 8.42 Å². The van der Waals surface area contributed by atoms with Gasteiger partial charge in [0.15, 0.2) is 11.5 Å². The zero-order valence-electron chi connectivity index (χ0n) is 16.7. The first kappa shape index (κ1) is 21.0. The first-order valence-corrected chi connectivity index (χ1v) is 11.5. The third kappa shape index (κ3) is 4.43. The van der Waals surface area contributed by atoms with Crippen molar-refractivity contribution >= 4 is 21.8 Å². The maximum atomic E-state index is 12.8. The number of nitrogens with two attached hydrogens (primary N) is 1. The van der Waals surface area contributed by atoms with E-state index in [-0.39, 0.29) is 34.9 Å². The van der Waals surface area contributed by atoms with Crippen LogP contribution in [0.5, 0.6) is 17.2 Å². The second kappa shape index (κ2) is 8.10. The normalized spacial score (nSPS) is 19.9. The number of phenols is 2.